The van der Waals surface area contributed by atoms with Crippen LogP contribution in [0.3, 0.4) is 0 Å². The Balaban J connectivity index is 1.64. The molecule has 6 heteroatoms. The molecule has 0 unspecified atom stereocenters. The van der Waals surface area contributed by atoms with Gasteiger partial charge in [-0.3, -0.25) is 4.79 Å². The lowest BCUT2D eigenvalue weighted by atomic mass is 10.1. The molecule has 0 saturated carbocycles. The molecule has 1 aromatic carbocycles. The quantitative estimate of drug-likeness (QED) is 0.853. The lowest BCUT2D eigenvalue weighted by molar-refractivity contribution is -0.136. The van der Waals surface area contributed by atoms with Gasteiger partial charge in [0.1, 0.15) is 5.75 Å². The van der Waals surface area contributed by atoms with E-state index >= 15 is 0 Å². The van der Waals surface area contributed by atoms with Gasteiger partial charge in [-0.05, 0) is 31.2 Å². The standard InChI is InChI=1S/C16H16Cl2N2O2/c1-11-15-3-2-6-19(15)7-8-20(11)16(21)10-22-12-4-5-13(17)14(18)9-12/h2-6,9,11H,7-8,10H2,1H3/t11-/m1/s1. The van der Waals surface area contributed by atoms with Crippen LogP contribution in [0, 0.1) is 0 Å². The smallest absolute Gasteiger partial charge is 0.261 e. The zero-order valence-corrected chi connectivity index (χ0v) is 13.6. The molecule has 0 bridgehead atoms. The number of carbonyl (C=O) groups excluding carboxylic acids is 1. The molecule has 3 rings (SSSR count). The highest BCUT2D eigenvalue weighted by molar-refractivity contribution is 6.42. The highest BCUT2D eigenvalue weighted by Gasteiger charge is 2.27. The lowest BCUT2D eigenvalue weighted by Crippen LogP contribution is -2.42. The van der Waals surface area contributed by atoms with E-state index in [0.29, 0.717) is 22.3 Å². The minimum Gasteiger partial charge on any atom is -0.484 e. The van der Waals surface area contributed by atoms with Gasteiger partial charge in [0, 0.05) is 31.0 Å². The second kappa shape index (κ2) is 6.23. The van der Waals surface area contributed by atoms with Crippen molar-refractivity contribution >= 4 is 29.1 Å². The number of amides is 1. The van der Waals surface area contributed by atoms with Crippen LogP contribution in [-0.2, 0) is 11.3 Å². The molecular formula is C16H16Cl2N2O2. The summed E-state index contributed by atoms with van der Waals surface area (Å²) in [5.41, 5.74) is 1.15. The molecule has 1 aliphatic rings. The van der Waals surface area contributed by atoms with Crippen LogP contribution in [0.15, 0.2) is 36.5 Å². The number of rotatable bonds is 3. The number of nitrogens with zero attached hydrogens (tertiary/aromatic N) is 2. The van der Waals surface area contributed by atoms with E-state index in [9.17, 15) is 4.79 Å². The zero-order chi connectivity index (χ0) is 15.7. The molecule has 0 saturated heterocycles. The summed E-state index contributed by atoms with van der Waals surface area (Å²) < 4.78 is 7.71. The number of fused-ring (bicyclic) bond motifs is 1. The van der Waals surface area contributed by atoms with Crippen molar-refractivity contribution in [1.82, 2.24) is 9.47 Å². The van der Waals surface area contributed by atoms with E-state index in [1.54, 1.807) is 18.2 Å². The monoisotopic (exact) mass is 338 g/mol. The summed E-state index contributed by atoms with van der Waals surface area (Å²) in [7, 11) is 0. The normalized spacial score (nSPS) is 17.2. The van der Waals surface area contributed by atoms with Crippen LogP contribution in [0.5, 0.6) is 5.75 Å². The average molecular weight is 339 g/mol. The van der Waals surface area contributed by atoms with Crippen molar-refractivity contribution in [2.75, 3.05) is 13.2 Å². The van der Waals surface area contributed by atoms with E-state index < -0.39 is 0 Å². The van der Waals surface area contributed by atoms with Crippen molar-refractivity contribution in [3.63, 3.8) is 0 Å². The van der Waals surface area contributed by atoms with E-state index in [4.69, 9.17) is 27.9 Å². The Morgan fingerprint density at radius 3 is 2.86 bits per heavy atom. The number of hydrogen-bond acceptors (Lipinski definition) is 2. The number of halogens is 2. The topological polar surface area (TPSA) is 34.5 Å². The first-order valence-corrected chi connectivity index (χ1v) is 7.84. The maximum Gasteiger partial charge on any atom is 0.261 e. The first-order chi connectivity index (χ1) is 10.6. The molecule has 0 spiro atoms. The van der Waals surface area contributed by atoms with Gasteiger partial charge >= 0.3 is 0 Å². The zero-order valence-electron chi connectivity index (χ0n) is 12.1. The van der Waals surface area contributed by atoms with Crippen LogP contribution in [0.25, 0.3) is 0 Å². The molecule has 1 amide bonds. The first kappa shape index (κ1) is 15.3. The van der Waals surface area contributed by atoms with Crippen molar-refractivity contribution in [2.45, 2.75) is 19.5 Å². The van der Waals surface area contributed by atoms with Gasteiger partial charge in [-0.1, -0.05) is 23.2 Å². The Morgan fingerprint density at radius 2 is 2.09 bits per heavy atom. The van der Waals surface area contributed by atoms with E-state index in [1.165, 1.54) is 0 Å². The SMILES string of the molecule is C[C@@H]1c2cccn2CCN1C(=O)COc1ccc(Cl)c(Cl)c1. The van der Waals surface area contributed by atoms with Gasteiger partial charge < -0.3 is 14.2 Å². The summed E-state index contributed by atoms with van der Waals surface area (Å²) in [6, 6.07) is 9.07. The van der Waals surface area contributed by atoms with Crippen LogP contribution in [-0.4, -0.2) is 28.5 Å². The van der Waals surface area contributed by atoms with Gasteiger partial charge in [-0.15, -0.1) is 0 Å². The van der Waals surface area contributed by atoms with Crippen LogP contribution in [0.4, 0.5) is 0 Å². The molecule has 1 atom stereocenters. The summed E-state index contributed by atoms with van der Waals surface area (Å²) in [4.78, 5) is 14.2. The molecule has 0 N–H and O–H groups in total. The van der Waals surface area contributed by atoms with Crippen molar-refractivity contribution in [2.24, 2.45) is 0 Å². The van der Waals surface area contributed by atoms with E-state index in [1.807, 2.05) is 30.2 Å². The van der Waals surface area contributed by atoms with Gasteiger partial charge in [0.05, 0.1) is 16.1 Å². The fourth-order valence-electron chi connectivity index (χ4n) is 2.71. The summed E-state index contributed by atoms with van der Waals surface area (Å²) in [6.07, 6.45) is 2.04. The second-order valence-corrected chi connectivity index (χ2v) is 6.07. The lowest BCUT2D eigenvalue weighted by Gasteiger charge is -2.34. The number of carbonyl (C=O) groups is 1. The third-order valence-electron chi connectivity index (χ3n) is 3.92. The number of ether oxygens (including phenoxy) is 1. The fraction of sp³-hybridized carbons (Fsp3) is 0.312. The fourth-order valence-corrected chi connectivity index (χ4v) is 3.00. The Labute approximate surface area is 139 Å². The summed E-state index contributed by atoms with van der Waals surface area (Å²) in [5.74, 6) is 0.502. The molecule has 1 aromatic heterocycles. The van der Waals surface area contributed by atoms with E-state index in [-0.39, 0.29) is 18.6 Å². The van der Waals surface area contributed by atoms with Gasteiger partial charge in [-0.25, -0.2) is 0 Å². The summed E-state index contributed by atoms with van der Waals surface area (Å²) in [6.45, 7) is 3.52. The second-order valence-electron chi connectivity index (χ2n) is 5.25. The van der Waals surface area contributed by atoms with Gasteiger partial charge in [0.2, 0.25) is 0 Å². The van der Waals surface area contributed by atoms with Crippen molar-refractivity contribution in [3.05, 3.63) is 52.3 Å². The Kier molecular flexibility index (Phi) is 4.32. The van der Waals surface area contributed by atoms with Crippen molar-refractivity contribution < 1.29 is 9.53 Å². The van der Waals surface area contributed by atoms with Crippen molar-refractivity contribution in [3.8, 4) is 5.75 Å². The number of aromatic nitrogens is 1. The highest BCUT2D eigenvalue weighted by Crippen LogP contribution is 2.27. The van der Waals surface area contributed by atoms with Gasteiger partial charge in [0.25, 0.3) is 5.91 Å². The van der Waals surface area contributed by atoms with Crippen LogP contribution < -0.4 is 4.74 Å². The maximum atomic E-state index is 12.4. The number of hydrogen-bond donors (Lipinski definition) is 0. The third-order valence-corrected chi connectivity index (χ3v) is 4.65. The average Bonchev–Trinajstić information content (AvgIpc) is 2.98. The molecule has 1 aliphatic heterocycles. The molecule has 0 fully saturated rings. The Hall–Kier alpha value is -1.65. The van der Waals surface area contributed by atoms with Gasteiger partial charge in [-0.2, -0.15) is 0 Å². The largest absolute Gasteiger partial charge is 0.484 e. The minimum atomic E-state index is -0.0361. The molecule has 2 aromatic rings. The van der Waals surface area contributed by atoms with Crippen molar-refractivity contribution in [1.29, 1.82) is 0 Å². The molecule has 22 heavy (non-hydrogen) atoms. The predicted octanol–water partition coefficient (Wildman–Crippen LogP) is 3.78. The summed E-state index contributed by atoms with van der Waals surface area (Å²) in [5, 5.41) is 0.876. The predicted molar refractivity (Wildman–Crippen MR) is 86.5 cm³/mol. The Bertz CT molecular complexity index is 699. The number of benzene rings is 1. The van der Waals surface area contributed by atoms with Crippen LogP contribution in [0.1, 0.15) is 18.7 Å². The van der Waals surface area contributed by atoms with Crippen LogP contribution >= 0.6 is 23.2 Å². The summed E-state index contributed by atoms with van der Waals surface area (Å²) >= 11 is 11.8. The van der Waals surface area contributed by atoms with E-state index in [0.717, 1.165) is 12.2 Å². The molecule has 0 aliphatic carbocycles. The molecule has 2 heterocycles. The Morgan fingerprint density at radius 1 is 1.27 bits per heavy atom. The molecular weight excluding hydrogens is 323 g/mol. The molecule has 0 radical (unpaired) electrons. The first-order valence-electron chi connectivity index (χ1n) is 7.08. The minimum absolute atomic E-state index is 0.0109. The third kappa shape index (κ3) is 2.94. The van der Waals surface area contributed by atoms with Crippen LogP contribution in [0.2, 0.25) is 10.0 Å². The highest BCUT2D eigenvalue weighted by atomic mass is 35.5. The molecule has 4 nitrogen and oxygen atoms in total. The molecule has 116 valence electrons. The van der Waals surface area contributed by atoms with Gasteiger partial charge in [0.15, 0.2) is 6.61 Å². The van der Waals surface area contributed by atoms with E-state index in [2.05, 4.69) is 4.57 Å². The maximum absolute atomic E-state index is 12.4.